The van der Waals surface area contributed by atoms with Crippen LogP contribution in [0.5, 0.6) is 0 Å². The molecular formula is C12H14N2O2. The maximum atomic E-state index is 10.9. The summed E-state index contributed by atoms with van der Waals surface area (Å²) < 4.78 is 7.25. The molecule has 2 rings (SSSR count). The van der Waals surface area contributed by atoms with Gasteiger partial charge in [-0.15, -0.1) is 0 Å². The Morgan fingerprint density at radius 2 is 2.44 bits per heavy atom. The van der Waals surface area contributed by atoms with Gasteiger partial charge in [0.1, 0.15) is 5.65 Å². The molecule has 0 aliphatic rings. The quantitative estimate of drug-likeness (QED) is 0.568. The summed E-state index contributed by atoms with van der Waals surface area (Å²) in [7, 11) is 0. The highest BCUT2D eigenvalue weighted by Crippen LogP contribution is 2.17. The van der Waals surface area contributed by atoms with Crippen LogP contribution in [-0.2, 0) is 11.3 Å². The summed E-state index contributed by atoms with van der Waals surface area (Å²) in [6, 6.07) is 3.74. The lowest BCUT2D eigenvalue weighted by Crippen LogP contribution is -2.05. The number of hydrogen-bond donors (Lipinski definition) is 0. The van der Waals surface area contributed by atoms with E-state index in [1.54, 1.807) is 6.20 Å². The highest BCUT2D eigenvalue weighted by Gasteiger charge is 2.07. The molecule has 0 fully saturated rings. The standard InChI is InChI=1S/C12H14N2O2/c1-2-16-7-6-14-8-10(9-15)11-4-3-5-13-12(11)14/h3-5,8-9H,2,6-7H2,1H3. The lowest BCUT2D eigenvalue weighted by molar-refractivity contribution is 0.112. The smallest absolute Gasteiger partial charge is 0.152 e. The molecule has 0 saturated carbocycles. The van der Waals surface area contributed by atoms with E-state index in [4.69, 9.17) is 4.74 Å². The van der Waals surface area contributed by atoms with Gasteiger partial charge in [-0.25, -0.2) is 4.98 Å². The Morgan fingerprint density at radius 1 is 1.56 bits per heavy atom. The number of aldehydes is 1. The minimum absolute atomic E-state index is 0.634. The van der Waals surface area contributed by atoms with Crippen molar-refractivity contribution in [1.29, 1.82) is 0 Å². The zero-order valence-electron chi connectivity index (χ0n) is 9.22. The van der Waals surface area contributed by atoms with Gasteiger partial charge in [-0.1, -0.05) is 0 Å². The van der Waals surface area contributed by atoms with Crippen LogP contribution in [0, 0.1) is 0 Å². The van der Waals surface area contributed by atoms with E-state index in [0.717, 1.165) is 23.9 Å². The van der Waals surface area contributed by atoms with E-state index >= 15 is 0 Å². The Balaban J connectivity index is 2.33. The fourth-order valence-electron chi connectivity index (χ4n) is 1.72. The average molecular weight is 218 g/mol. The topological polar surface area (TPSA) is 44.1 Å². The summed E-state index contributed by atoms with van der Waals surface area (Å²) in [6.07, 6.45) is 4.42. The number of carbonyl (C=O) groups is 1. The monoisotopic (exact) mass is 218 g/mol. The molecule has 0 radical (unpaired) electrons. The molecule has 4 heteroatoms. The van der Waals surface area contributed by atoms with Crippen molar-refractivity contribution < 1.29 is 9.53 Å². The van der Waals surface area contributed by atoms with E-state index in [1.807, 2.05) is 29.8 Å². The number of ether oxygens (including phenoxy) is 1. The van der Waals surface area contributed by atoms with E-state index in [9.17, 15) is 4.79 Å². The average Bonchev–Trinajstić information content (AvgIpc) is 2.68. The van der Waals surface area contributed by atoms with Gasteiger partial charge in [-0.2, -0.15) is 0 Å². The molecule has 16 heavy (non-hydrogen) atoms. The summed E-state index contributed by atoms with van der Waals surface area (Å²) in [6.45, 7) is 4.01. The van der Waals surface area contributed by atoms with Gasteiger partial charge in [0, 0.05) is 36.5 Å². The van der Waals surface area contributed by atoms with Crippen molar-refractivity contribution in [3.05, 3.63) is 30.1 Å². The second kappa shape index (κ2) is 4.90. The predicted molar refractivity (Wildman–Crippen MR) is 61.6 cm³/mol. The first kappa shape index (κ1) is 10.8. The summed E-state index contributed by atoms with van der Waals surface area (Å²) in [5, 5.41) is 0.897. The number of fused-ring (bicyclic) bond motifs is 1. The lowest BCUT2D eigenvalue weighted by Gasteiger charge is -2.03. The molecule has 0 amide bonds. The molecule has 0 atom stereocenters. The Kier molecular flexibility index (Phi) is 3.31. The molecule has 2 heterocycles. The van der Waals surface area contributed by atoms with Gasteiger partial charge in [-0.3, -0.25) is 4.79 Å². The van der Waals surface area contributed by atoms with Crippen LogP contribution >= 0.6 is 0 Å². The summed E-state index contributed by atoms with van der Waals surface area (Å²) >= 11 is 0. The molecule has 4 nitrogen and oxygen atoms in total. The first-order valence-corrected chi connectivity index (χ1v) is 5.33. The zero-order chi connectivity index (χ0) is 11.4. The van der Waals surface area contributed by atoms with Gasteiger partial charge in [-0.05, 0) is 19.1 Å². The second-order valence-electron chi connectivity index (χ2n) is 3.47. The van der Waals surface area contributed by atoms with Gasteiger partial charge < -0.3 is 9.30 Å². The number of pyridine rings is 1. The molecule has 0 aromatic carbocycles. The van der Waals surface area contributed by atoms with Crippen molar-refractivity contribution >= 4 is 17.3 Å². The molecule has 0 spiro atoms. The number of rotatable bonds is 5. The SMILES string of the molecule is CCOCCn1cc(C=O)c2cccnc21. The fourth-order valence-corrected chi connectivity index (χ4v) is 1.72. The summed E-state index contributed by atoms with van der Waals surface area (Å²) in [4.78, 5) is 15.2. The van der Waals surface area contributed by atoms with Crippen molar-refractivity contribution in [3.8, 4) is 0 Å². The molecule has 0 bridgehead atoms. The van der Waals surface area contributed by atoms with Crippen molar-refractivity contribution in [2.24, 2.45) is 0 Å². The first-order chi connectivity index (χ1) is 7.86. The summed E-state index contributed by atoms with van der Waals surface area (Å²) in [5.41, 5.74) is 1.52. The molecule has 2 aromatic rings. The van der Waals surface area contributed by atoms with Gasteiger partial charge >= 0.3 is 0 Å². The molecule has 84 valence electrons. The third-order valence-electron chi connectivity index (χ3n) is 2.47. The van der Waals surface area contributed by atoms with E-state index in [0.29, 0.717) is 18.8 Å². The number of nitrogens with zero attached hydrogens (tertiary/aromatic N) is 2. The fraction of sp³-hybridized carbons (Fsp3) is 0.333. The van der Waals surface area contributed by atoms with Crippen molar-refractivity contribution in [3.63, 3.8) is 0 Å². The normalized spacial score (nSPS) is 10.8. The van der Waals surface area contributed by atoms with E-state index < -0.39 is 0 Å². The van der Waals surface area contributed by atoms with Crippen LogP contribution in [0.2, 0.25) is 0 Å². The number of hydrogen-bond acceptors (Lipinski definition) is 3. The van der Waals surface area contributed by atoms with Gasteiger partial charge in [0.05, 0.1) is 6.61 Å². The molecular weight excluding hydrogens is 204 g/mol. The Bertz CT molecular complexity index is 491. The third kappa shape index (κ3) is 1.97. The van der Waals surface area contributed by atoms with Gasteiger partial charge in [0.25, 0.3) is 0 Å². The maximum Gasteiger partial charge on any atom is 0.152 e. The van der Waals surface area contributed by atoms with Gasteiger partial charge in [0.2, 0.25) is 0 Å². The van der Waals surface area contributed by atoms with Crippen LogP contribution in [0.25, 0.3) is 11.0 Å². The van der Waals surface area contributed by atoms with Crippen LogP contribution in [0.1, 0.15) is 17.3 Å². The van der Waals surface area contributed by atoms with E-state index in [1.165, 1.54) is 0 Å². The van der Waals surface area contributed by atoms with Crippen LogP contribution in [-0.4, -0.2) is 29.1 Å². The minimum Gasteiger partial charge on any atom is -0.380 e. The molecule has 0 N–H and O–H groups in total. The molecule has 0 aliphatic heterocycles. The lowest BCUT2D eigenvalue weighted by atomic mass is 10.2. The molecule has 0 unspecified atom stereocenters. The van der Waals surface area contributed by atoms with Crippen LogP contribution in [0.3, 0.4) is 0 Å². The van der Waals surface area contributed by atoms with Crippen LogP contribution in [0.15, 0.2) is 24.5 Å². The largest absolute Gasteiger partial charge is 0.380 e. The highest BCUT2D eigenvalue weighted by atomic mass is 16.5. The molecule has 2 aromatic heterocycles. The highest BCUT2D eigenvalue weighted by molar-refractivity contribution is 5.95. The van der Waals surface area contributed by atoms with Crippen molar-refractivity contribution in [2.75, 3.05) is 13.2 Å². The maximum absolute atomic E-state index is 10.9. The minimum atomic E-state index is 0.634. The zero-order valence-corrected chi connectivity index (χ0v) is 9.22. The Labute approximate surface area is 93.9 Å². The van der Waals surface area contributed by atoms with Crippen molar-refractivity contribution in [1.82, 2.24) is 9.55 Å². The van der Waals surface area contributed by atoms with Crippen LogP contribution in [0.4, 0.5) is 0 Å². The first-order valence-electron chi connectivity index (χ1n) is 5.33. The van der Waals surface area contributed by atoms with E-state index in [2.05, 4.69) is 4.98 Å². The van der Waals surface area contributed by atoms with Gasteiger partial charge in [0.15, 0.2) is 6.29 Å². The Morgan fingerprint density at radius 3 is 3.19 bits per heavy atom. The van der Waals surface area contributed by atoms with Crippen molar-refractivity contribution in [2.45, 2.75) is 13.5 Å². The summed E-state index contributed by atoms with van der Waals surface area (Å²) in [5.74, 6) is 0. The Hall–Kier alpha value is -1.68. The number of carbonyl (C=O) groups excluding carboxylic acids is 1. The number of aromatic nitrogens is 2. The second-order valence-corrected chi connectivity index (χ2v) is 3.47. The third-order valence-corrected chi connectivity index (χ3v) is 2.47. The van der Waals surface area contributed by atoms with Crippen LogP contribution < -0.4 is 0 Å². The molecule has 0 saturated heterocycles. The van der Waals surface area contributed by atoms with E-state index in [-0.39, 0.29) is 0 Å². The molecule has 0 aliphatic carbocycles. The predicted octanol–water partition coefficient (Wildman–Crippen LogP) is 1.89.